The Kier molecular flexibility index (Phi) is 6.85. The van der Waals surface area contributed by atoms with Gasteiger partial charge in [0.05, 0.1) is 17.7 Å². The summed E-state index contributed by atoms with van der Waals surface area (Å²) < 4.78 is 16.7. The van der Waals surface area contributed by atoms with Gasteiger partial charge in [0, 0.05) is 12.1 Å². The van der Waals surface area contributed by atoms with Gasteiger partial charge in [-0.15, -0.1) is 0 Å². The molecule has 1 fully saturated rings. The minimum absolute atomic E-state index is 0.0472. The lowest BCUT2D eigenvalue weighted by atomic mass is 9.85. The SMILES string of the molecule is CC(C)Oc1cccc(/C(O)=C2\C(=O)C(=O)N(Cc3ccc4c(c3)OCO4)C2c2ccc(C(C)(C)C)cc2)c1. The van der Waals surface area contributed by atoms with Gasteiger partial charge >= 0.3 is 0 Å². The van der Waals surface area contributed by atoms with Gasteiger partial charge in [-0.25, -0.2) is 0 Å². The van der Waals surface area contributed by atoms with Crippen LogP contribution in [0.2, 0.25) is 0 Å². The molecule has 1 N–H and O–H groups in total. The molecule has 0 spiro atoms. The molecule has 7 nitrogen and oxygen atoms in total. The number of carbonyl (C=O) groups excluding carboxylic acids is 2. The molecule has 39 heavy (non-hydrogen) atoms. The van der Waals surface area contributed by atoms with Crippen LogP contribution in [-0.4, -0.2) is 34.6 Å². The summed E-state index contributed by atoms with van der Waals surface area (Å²) in [4.78, 5) is 28.5. The van der Waals surface area contributed by atoms with Gasteiger partial charge in [0.1, 0.15) is 11.5 Å². The number of ketones is 1. The van der Waals surface area contributed by atoms with Crippen LogP contribution in [0.3, 0.4) is 0 Å². The maximum atomic E-state index is 13.5. The summed E-state index contributed by atoms with van der Waals surface area (Å²) >= 11 is 0. The zero-order valence-electron chi connectivity index (χ0n) is 22.9. The van der Waals surface area contributed by atoms with Crippen LogP contribution in [0.5, 0.6) is 17.2 Å². The van der Waals surface area contributed by atoms with E-state index in [2.05, 4.69) is 20.8 Å². The summed E-state index contributed by atoms with van der Waals surface area (Å²) in [5, 5.41) is 11.5. The van der Waals surface area contributed by atoms with Crippen LogP contribution in [-0.2, 0) is 21.5 Å². The fourth-order valence-corrected chi connectivity index (χ4v) is 4.94. The summed E-state index contributed by atoms with van der Waals surface area (Å²) in [5.41, 5.74) is 3.03. The molecule has 0 aliphatic carbocycles. The van der Waals surface area contributed by atoms with Gasteiger partial charge in [0.15, 0.2) is 11.5 Å². The largest absolute Gasteiger partial charge is 0.507 e. The van der Waals surface area contributed by atoms with E-state index in [4.69, 9.17) is 14.2 Å². The van der Waals surface area contributed by atoms with Gasteiger partial charge in [0.2, 0.25) is 6.79 Å². The van der Waals surface area contributed by atoms with Crippen LogP contribution in [0.4, 0.5) is 0 Å². The molecule has 3 aromatic rings. The van der Waals surface area contributed by atoms with E-state index in [9.17, 15) is 14.7 Å². The predicted octanol–water partition coefficient (Wildman–Crippen LogP) is 6.12. The fraction of sp³-hybridized carbons (Fsp3) is 0.312. The Hall–Kier alpha value is -4.26. The molecule has 1 unspecified atom stereocenters. The lowest BCUT2D eigenvalue weighted by Gasteiger charge is -2.26. The molecule has 1 amide bonds. The quantitative estimate of drug-likeness (QED) is 0.236. The fourth-order valence-electron chi connectivity index (χ4n) is 4.94. The van der Waals surface area contributed by atoms with Crippen LogP contribution in [0.1, 0.15) is 62.9 Å². The molecule has 0 aromatic heterocycles. The molecule has 7 heteroatoms. The number of aliphatic hydroxyl groups is 1. The van der Waals surface area contributed by atoms with Crippen molar-refractivity contribution in [1.82, 2.24) is 4.90 Å². The van der Waals surface area contributed by atoms with Crippen LogP contribution in [0, 0.1) is 0 Å². The highest BCUT2D eigenvalue weighted by molar-refractivity contribution is 6.46. The first-order chi connectivity index (χ1) is 18.5. The highest BCUT2D eigenvalue weighted by atomic mass is 16.7. The van der Waals surface area contributed by atoms with Gasteiger partial charge in [-0.05, 0) is 60.2 Å². The third-order valence-corrected chi connectivity index (χ3v) is 6.90. The Morgan fingerprint density at radius 1 is 1.00 bits per heavy atom. The average molecular weight is 528 g/mol. The van der Waals surface area contributed by atoms with E-state index in [1.807, 2.05) is 50.2 Å². The van der Waals surface area contributed by atoms with Gasteiger partial charge in [0.25, 0.3) is 11.7 Å². The van der Waals surface area contributed by atoms with E-state index in [-0.39, 0.29) is 36.2 Å². The Morgan fingerprint density at radius 3 is 2.41 bits per heavy atom. The number of benzene rings is 3. The molecular weight excluding hydrogens is 494 g/mol. The van der Waals surface area contributed by atoms with Gasteiger partial charge < -0.3 is 24.2 Å². The summed E-state index contributed by atoms with van der Waals surface area (Å²) in [5.74, 6) is 0.160. The average Bonchev–Trinajstić information content (AvgIpc) is 3.45. The van der Waals surface area contributed by atoms with E-state index in [0.717, 1.165) is 16.7 Å². The minimum Gasteiger partial charge on any atom is -0.507 e. The molecule has 5 rings (SSSR count). The number of hydrogen-bond acceptors (Lipinski definition) is 6. The highest BCUT2D eigenvalue weighted by Gasteiger charge is 2.46. The molecule has 1 atom stereocenters. The zero-order chi connectivity index (χ0) is 27.9. The molecule has 2 aliphatic heterocycles. The van der Waals surface area contributed by atoms with Crippen molar-refractivity contribution in [2.24, 2.45) is 0 Å². The van der Waals surface area contributed by atoms with Crippen LogP contribution in [0.15, 0.2) is 72.3 Å². The summed E-state index contributed by atoms with van der Waals surface area (Å²) in [7, 11) is 0. The second-order valence-electron chi connectivity index (χ2n) is 11.2. The van der Waals surface area contributed by atoms with Crippen molar-refractivity contribution < 1.29 is 28.9 Å². The third kappa shape index (κ3) is 5.21. The van der Waals surface area contributed by atoms with Crippen LogP contribution >= 0.6 is 0 Å². The molecule has 2 heterocycles. The second-order valence-corrected chi connectivity index (χ2v) is 11.2. The molecule has 0 radical (unpaired) electrons. The van der Waals surface area contributed by atoms with Crippen molar-refractivity contribution in [3.05, 3.63) is 94.6 Å². The van der Waals surface area contributed by atoms with Crippen molar-refractivity contribution in [2.75, 3.05) is 6.79 Å². The number of aliphatic hydroxyl groups excluding tert-OH is 1. The summed E-state index contributed by atoms with van der Waals surface area (Å²) in [6.07, 6.45) is -0.0593. The van der Waals surface area contributed by atoms with Crippen molar-refractivity contribution >= 4 is 17.4 Å². The van der Waals surface area contributed by atoms with Crippen molar-refractivity contribution in [1.29, 1.82) is 0 Å². The van der Waals surface area contributed by atoms with Crippen LogP contribution < -0.4 is 14.2 Å². The topological polar surface area (TPSA) is 85.3 Å². The third-order valence-electron chi connectivity index (χ3n) is 6.90. The highest BCUT2D eigenvalue weighted by Crippen LogP contribution is 2.42. The molecule has 0 saturated carbocycles. The van der Waals surface area contributed by atoms with Crippen molar-refractivity contribution in [3.63, 3.8) is 0 Å². The predicted molar refractivity (Wildman–Crippen MR) is 148 cm³/mol. The molecule has 0 bridgehead atoms. The Balaban J connectivity index is 1.60. The number of likely N-dealkylation sites (tertiary alicyclic amines) is 1. The number of amides is 1. The molecule has 1 saturated heterocycles. The minimum atomic E-state index is -0.779. The second kappa shape index (κ2) is 10.1. The Bertz CT molecular complexity index is 1450. The lowest BCUT2D eigenvalue weighted by Crippen LogP contribution is -2.29. The number of hydrogen-bond donors (Lipinski definition) is 1. The summed E-state index contributed by atoms with van der Waals surface area (Å²) in [6, 6.07) is 19.5. The molecular formula is C32H33NO6. The van der Waals surface area contributed by atoms with Gasteiger partial charge in [-0.1, -0.05) is 63.2 Å². The first kappa shape index (κ1) is 26.4. The first-order valence-corrected chi connectivity index (χ1v) is 13.1. The maximum absolute atomic E-state index is 13.5. The number of carbonyl (C=O) groups is 2. The normalized spacial score (nSPS) is 18.2. The zero-order valence-corrected chi connectivity index (χ0v) is 22.9. The van der Waals surface area contributed by atoms with E-state index in [0.29, 0.717) is 22.8 Å². The van der Waals surface area contributed by atoms with E-state index >= 15 is 0 Å². The number of fused-ring (bicyclic) bond motifs is 1. The van der Waals surface area contributed by atoms with E-state index in [1.165, 1.54) is 4.90 Å². The molecule has 3 aromatic carbocycles. The lowest BCUT2D eigenvalue weighted by molar-refractivity contribution is -0.140. The van der Waals surface area contributed by atoms with Crippen molar-refractivity contribution in [3.8, 4) is 17.2 Å². The Labute approximate surface area is 228 Å². The molecule has 202 valence electrons. The number of ether oxygens (including phenoxy) is 3. The summed E-state index contributed by atoms with van der Waals surface area (Å²) in [6.45, 7) is 10.5. The van der Waals surface area contributed by atoms with Crippen molar-refractivity contribution in [2.45, 2.75) is 58.7 Å². The number of Topliss-reactive ketones (excluding diaryl/α,β-unsaturated/α-hetero) is 1. The number of nitrogens with zero attached hydrogens (tertiary/aromatic N) is 1. The van der Waals surface area contributed by atoms with Gasteiger partial charge in [-0.2, -0.15) is 0 Å². The van der Waals surface area contributed by atoms with Crippen LogP contribution in [0.25, 0.3) is 5.76 Å². The smallest absolute Gasteiger partial charge is 0.295 e. The Morgan fingerprint density at radius 2 is 1.72 bits per heavy atom. The number of rotatable bonds is 6. The van der Waals surface area contributed by atoms with E-state index < -0.39 is 17.7 Å². The molecule has 2 aliphatic rings. The van der Waals surface area contributed by atoms with Gasteiger partial charge in [-0.3, -0.25) is 9.59 Å². The standard InChI is InChI=1S/C32H33NO6/c1-19(2)39-24-8-6-7-22(16-24)29(34)27-28(21-10-12-23(13-11-21)32(3,4)5)33(31(36)30(27)35)17-20-9-14-25-26(15-20)38-18-37-25/h6-16,19,28,34H,17-18H2,1-5H3/b29-27+. The van der Waals surface area contributed by atoms with E-state index in [1.54, 1.807) is 30.3 Å². The first-order valence-electron chi connectivity index (χ1n) is 13.1. The monoisotopic (exact) mass is 527 g/mol. The maximum Gasteiger partial charge on any atom is 0.295 e.